The average molecular weight is 222 g/mol. The maximum absolute atomic E-state index is 11.0. The molecule has 2 N–H and O–H groups in total. The molecule has 0 amide bonds. The monoisotopic (exact) mass is 222 g/mol. The summed E-state index contributed by atoms with van der Waals surface area (Å²) in [6.45, 7) is 0. The fourth-order valence-electron chi connectivity index (χ4n) is 4.04. The van der Waals surface area contributed by atoms with Gasteiger partial charge in [-0.15, -0.1) is 0 Å². The van der Waals surface area contributed by atoms with E-state index in [1.165, 1.54) is 0 Å². The molecule has 2 saturated carbocycles. The number of carbonyl (C=O) groups is 2. The van der Waals surface area contributed by atoms with E-state index in [0.717, 1.165) is 12.8 Å². The average Bonchev–Trinajstić information content (AvgIpc) is 2.87. The lowest BCUT2D eigenvalue weighted by Crippen LogP contribution is -2.20. The van der Waals surface area contributed by atoms with E-state index < -0.39 is 11.9 Å². The van der Waals surface area contributed by atoms with Crippen molar-refractivity contribution < 1.29 is 19.8 Å². The highest BCUT2D eigenvalue weighted by Gasteiger charge is 2.54. The second-order valence-corrected chi connectivity index (χ2v) is 5.27. The van der Waals surface area contributed by atoms with Crippen molar-refractivity contribution in [3.8, 4) is 0 Å². The van der Waals surface area contributed by atoms with E-state index >= 15 is 0 Å². The van der Waals surface area contributed by atoms with Gasteiger partial charge in [-0.05, 0) is 42.9 Å². The second kappa shape index (κ2) is 3.09. The molecule has 86 valence electrons. The van der Waals surface area contributed by atoms with Crippen LogP contribution in [0, 0.1) is 29.6 Å². The van der Waals surface area contributed by atoms with E-state index in [4.69, 9.17) is 10.2 Å². The van der Waals surface area contributed by atoms with Crippen molar-refractivity contribution in [2.24, 2.45) is 29.6 Å². The summed E-state index contributed by atoms with van der Waals surface area (Å²) in [5.41, 5.74) is 0.539. The van der Waals surface area contributed by atoms with Crippen LogP contribution in [-0.2, 0) is 9.59 Å². The van der Waals surface area contributed by atoms with E-state index in [2.05, 4.69) is 0 Å². The summed E-state index contributed by atoms with van der Waals surface area (Å²) < 4.78 is 0. The Kier molecular flexibility index (Phi) is 1.91. The Morgan fingerprint density at radius 2 is 1.81 bits per heavy atom. The predicted molar refractivity (Wildman–Crippen MR) is 54.7 cm³/mol. The predicted octanol–water partition coefficient (Wildman–Crippen LogP) is 1.37. The summed E-state index contributed by atoms with van der Waals surface area (Å²) in [6, 6.07) is 0. The first-order valence-electron chi connectivity index (χ1n) is 5.75. The van der Waals surface area contributed by atoms with Gasteiger partial charge in [-0.2, -0.15) is 0 Å². The van der Waals surface area contributed by atoms with Gasteiger partial charge in [0.05, 0.1) is 5.92 Å². The molecule has 0 aromatic carbocycles. The molecule has 3 aliphatic carbocycles. The number of hydrogen-bond acceptors (Lipinski definition) is 2. The van der Waals surface area contributed by atoms with Crippen molar-refractivity contribution in [1.82, 2.24) is 0 Å². The number of fused-ring (bicyclic) bond motifs is 5. The number of rotatable bonds is 2. The second-order valence-electron chi connectivity index (χ2n) is 5.27. The number of carboxylic acids is 2. The molecule has 0 heterocycles. The third-order valence-corrected chi connectivity index (χ3v) is 4.65. The molecule has 5 unspecified atom stereocenters. The van der Waals surface area contributed by atoms with Gasteiger partial charge in [-0.25, -0.2) is 4.79 Å². The molecule has 2 fully saturated rings. The Bertz CT molecular complexity index is 398. The molecular weight excluding hydrogens is 208 g/mol. The van der Waals surface area contributed by atoms with Gasteiger partial charge in [0.1, 0.15) is 0 Å². The first kappa shape index (κ1) is 9.87. The topological polar surface area (TPSA) is 74.6 Å². The van der Waals surface area contributed by atoms with Crippen LogP contribution in [0.25, 0.3) is 0 Å². The van der Waals surface area contributed by atoms with Gasteiger partial charge in [0.2, 0.25) is 0 Å². The fourth-order valence-corrected chi connectivity index (χ4v) is 4.04. The molecule has 0 aromatic heterocycles. The highest BCUT2D eigenvalue weighted by Crippen LogP contribution is 2.59. The van der Waals surface area contributed by atoms with Gasteiger partial charge in [-0.1, -0.05) is 6.08 Å². The van der Waals surface area contributed by atoms with E-state index in [1.54, 1.807) is 0 Å². The molecule has 4 heteroatoms. The minimum absolute atomic E-state index is 0.122. The van der Waals surface area contributed by atoms with Crippen LogP contribution in [0.3, 0.4) is 0 Å². The van der Waals surface area contributed by atoms with Gasteiger partial charge >= 0.3 is 11.9 Å². The molecule has 0 aromatic rings. The molecule has 0 spiro atoms. The van der Waals surface area contributed by atoms with Crippen molar-refractivity contribution in [2.45, 2.75) is 19.3 Å². The number of allylic oxidation sites excluding steroid dienone is 1. The normalized spacial score (nSPS) is 44.2. The highest BCUT2D eigenvalue weighted by molar-refractivity contribution is 5.88. The van der Waals surface area contributed by atoms with E-state index in [9.17, 15) is 9.59 Å². The number of carboxylic acid groups (broad SMARTS) is 2. The van der Waals surface area contributed by atoms with Crippen molar-refractivity contribution in [3.05, 3.63) is 11.6 Å². The van der Waals surface area contributed by atoms with Crippen molar-refractivity contribution in [1.29, 1.82) is 0 Å². The molecule has 3 rings (SSSR count). The fraction of sp³-hybridized carbons (Fsp3) is 0.667. The van der Waals surface area contributed by atoms with Gasteiger partial charge in [-0.3, -0.25) is 4.79 Å². The van der Waals surface area contributed by atoms with Crippen molar-refractivity contribution >= 4 is 11.9 Å². The van der Waals surface area contributed by atoms with E-state index in [1.807, 2.05) is 6.08 Å². The third-order valence-electron chi connectivity index (χ3n) is 4.65. The summed E-state index contributed by atoms with van der Waals surface area (Å²) in [5, 5.41) is 18.0. The van der Waals surface area contributed by atoms with Gasteiger partial charge < -0.3 is 10.2 Å². The van der Waals surface area contributed by atoms with Crippen LogP contribution in [-0.4, -0.2) is 22.2 Å². The number of hydrogen-bond donors (Lipinski definition) is 2. The lowest BCUT2D eigenvalue weighted by molar-refractivity contribution is -0.141. The summed E-state index contributed by atoms with van der Waals surface area (Å²) >= 11 is 0. The van der Waals surface area contributed by atoms with Gasteiger partial charge in [0, 0.05) is 5.57 Å². The minimum atomic E-state index is -0.815. The summed E-state index contributed by atoms with van der Waals surface area (Å²) in [6.07, 6.45) is 4.22. The Morgan fingerprint density at radius 3 is 2.44 bits per heavy atom. The van der Waals surface area contributed by atoms with Gasteiger partial charge in [0.25, 0.3) is 0 Å². The zero-order valence-corrected chi connectivity index (χ0v) is 8.80. The third kappa shape index (κ3) is 1.16. The SMILES string of the molecule is O=C(O)C1=CC2CC1C1CC(C(=O)O)CC21. The van der Waals surface area contributed by atoms with Crippen LogP contribution in [0.2, 0.25) is 0 Å². The summed E-state index contributed by atoms with van der Waals surface area (Å²) in [7, 11) is 0. The van der Waals surface area contributed by atoms with Crippen molar-refractivity contribution in [2.75, 3.05) is 0 Å². The van der Waals surface area contributed by atoms with E-state index in [0.29, 0.717) is 29.7 Å². The quantitative estimate of drug-likeness (QED) is 0.740. The van der Waals surface area contributed by atoms with Gasteiger partial charge in [0.15, 0.2) is 0 Å². The van der Waals surface area contributed by atoms with Crippen LogP contribution in [0.5, 0.6) is 0 Å². The van der Waals surface area contributed by atoms with Crippen LogP contribution >= 0.6 is 0 Å². The molecule has 0 saturated heterocycles. The maximum atomic E-state index is 11.0. The Labute approximate surface area is 93.0 Å². The lowest BCUT2D eigenvalue weighted by atomic mass is 9.82. The maximum Gasteiger partial charge on any atom is 0.331 e. The zero-order valence-electron chi connectivity index (χ0n) is 8.80. The standard InChI is InChI=1S/C12H14O4/c13-11(14)6-3-7-5-1-9(8(7)4-6)10(2-5)12(15)16/h2,5-9H,1,3-4H2,(H,13,14)(H,15,16). The Morgan fingerprint density at radius 1 is 1.12 bits per heavy atom. The molecule has 0 radical (unpaired) electrons. The Balaban J connectivity index is 1.84. The lowest BCUT2D eigenvalue weighted by Gasteiger charge is -2.22. The largest absolute Gasteiger partial charge is 0.481 e. The van der Waals surface area contributed by atoms with Crippen LogP contribution in [0.4, 0.5) is 0 Å². The smallest absolute Gasteiger partial charge is 0.331 e. The van der Waals surface area contributed by atoms with Crippen LogP contribution in [0.15, 0.2) is 11.6 Å². The zero-order chi connectivity index (χ0) is 11.4. The summed E-state index contributed by atoms with van der Waals surface area (Å²) in [5.74, 6) is -0.601. The molecule has 0 aliphatic heterocycles. The van der Waals surface area contributed by atoms with Crippen LogP contribution < -0.4 is 0 Å². The Hall–Kier alpha value is -1.32. The molecule has 3 aliphatic rings. The minimum Gasteiger partial charge on any atom is -0.481 e. The first-order valence-corrected chi connectivity index (χ1v) is 5.75. The van der Waals surface area contributed by atoms with Crippen LogP contribution in [0.1, 0.15) is 19.3 Å². The molecule has 5 atom stereocenters. The van der Waals surface area contributed by atoms with Crippen molar-refractivity contribution in [3.63, 3.8) is 0 Å². The summed E-state index contributed by atoms with van der Waals surface area (Å²) in [4.78, 5) is 22.0. The molecule has 4 nitrogen and oxygen atoms in total. The number of aliphatic carboxylic acids is 2. The van der Waals surface area contributed by atoms with E-state index in [-0.39, 0.29) is 11.8 Å². The molecular formula is C12H14O4. The first-order chi connectivity index (χ1) is 7.58. The molecule has 2 bridgehead atoms. The highest BCUT2D eigenvalue weighted by atomic mass is 16.4. The molecule has 16 heavy (non-hydrogen) atoms.